The number of rotatable bonds is 4. The number of carbonyl (C=O) groups excluding carboxylic acids is 1. The number of primary amides is 1. The molecule has 0 saturated carbocycles. The van der Waals surface area contributed by atoms with Gasteiger partial charge >= 0.3 is 0 Å². The van der Waals surface area contributed by atoms with Crippen LogP contribution in [0.4, 0.5) is 11.5 Å². The molecular weight excluding hydrogens is 350 g/mol. The van der Waals surface area contributed by atoms with Crippen molar-refractivity contribution in [3.8, 4) is 0 Å². The second kappa shape index (κ2) is 7.87. The third-order valence-corrected chi connectivity index (χ3v) is 5.51. The third-order valence-electron chi connectivity index (χ3n) is 5.51. The molecular formula is C17H25N7O3. The summed E-state index contributed by atoms with van der Waals surface area (Å²) >= 11 is 0. The number of pyridine rings is 1. The second-order valence-corrected chi connectivity index (χ2v) is 7.03. The lowest BCUT2D eigenvalue weighted by Crippen LogP contribution is -2.64. The van der Waals surface area contributed by atoms with Crippen LogP contribution in [0.15, 0.2) is 23.3 Å². The minimum absolute atomic E-state index is 0.0988. The average Bonchev–Trinajstić information content (AvgIpc) is 2.69. The van der Waals surface area contributed by atoms with E-state index in [0.29, 0.717) is 31.7 Å². The first-order chi connectivity index (χ1) is 12.9. The van der Waals surface area contributed by atoms with E-state index in [0.717, 1.165) is 32.1 Å². The minimum atomic E-state index is -0.608. The fraction of sp³-hybridized carbons (Fsp3) is 0.588. The molecule has 1 aromatic rings. The van der Waals surface area contributed by atoms with Gasteiger partial charge in [-0.3, -0.25) is 19.8 Å². The van der Waals surface area contributed by atoms with Crippen LogP contribution in [0.1, 0.15) is 32.1 Å². The average molecular weight is 375 g/mol. The van der Waals surface area contributed by atoms with E-state index in [1.54, 1.807) is 0 Å². The molecule has 0 spiro atoms. The van der Waals surface area contributed by atoms with E-state index in [2.05, 4.69) is 14.9 Å². The highest BCUT2D eigenvalue weighted by molar-refractivity contribution is 5.86. The SMILES string of the molecule is NC(=O)C1(N2CCCCC2)CCN(C(N)=Nc2ccc([N+](=O)[O-])cn2)CC1. The molecule has 3 heterocycles. The van der Waals surface area contributed by atoms with E-state index < -0.39 is 10.5 Å². The molecule has 10 heteroatoms. The lowest BCUT2D eigenvalue weighted by molar-refractivity contribution is -0.385. The predicted octanol–water partition coefficient (Wildman–Crippen LogP) is 0.742. The van der Waals surface area contributed by atoms with Crippen LogP contribution in [0.3, 0.4) is 0 Å². The zero-order valence-corrected chi connectivity index (χ0v) is 15.2. The fourth-order valence-electron chi connectivity index (χ4n) is 3.89. The van der Waals surface area contributed by atoms with Gasteiger partial charge in [-0.1, -0.05) is 6.42 Å². The zero-order valence-electron chi connectivity index (χ0n) is 15.2. The van der Waals surface area contributed by atoms with Crippen LogP contribution in [0.2, 0.25) is 0 Å². The minimum Gasteiger partial charge on any atom is -0.369 e. The van der Waals surface area contributed by atoms with Crippen LogP contribution in [0.25, 0.3) is 0 Å². The quantitative estimate of drug-likeness (QED) is 0.342. The van der Waals surface area contributed by atoms with E-state index in [4.69, 9.17) is 11.5 Å². The van der Waals surface area contributed by atoms with Gasteiger partial charge in [0, 0.05) is 19.2 Å². The van der Waals surface area contributed by atoms with Crippen molar-refractivity contribution < 1.29 is 9.72 Å². The van der Waals surface area contributed by atoms with Crippen LogP contribution in [-0.4, -0.2) is 63.3 Å². The van der Waals surface area contributed by atoms with Crippen molar-refractivity contribution in [1.82, 2.24) is 14.8 Å². The molecule has 0 aliphatic carbocycles. The van der Waals surface area contributed by atoms with E-state index in [1.807, 2.05) is 4.90 Å². The molecule has 2 saturated heterocycles. The molecule has 2 aliphatic heterocycles. The van der Waals surface area contributed by atoms with Crippen molar-refractivity contribution in [3.05, 3.63) is 28.4 Å². The molecule has 1 aromatic heterocycles. The maximum absolute atomic E-state index is 12.3. The van der Waals surface area contributed by atoms with E-state index in [-0.39, 0.29) is 17.6 Å². The Hall–Kier alpha value is -2.75. The maximum Gasteiger partial charge on any atom is 0.287 e. The summed E-state index contributed by atoms with van der Waals surface area (Å²) < 4.78 is 0. The smallest absolute Gasteiger partial charge is 0.287 e. The molecule has 2 fully saturated rings. The van der Waals surface area contributed by atoms with Crippen LogP contribution in [-0.2, 0) is 4.79 Å². The highest BCUT2D eigenvalue weighted by Gasteiger charge is 2.45. The Kier molecular flexibility index (Phi) is 5.54. The summed E-state index contributed by atoms with van der Waals surface area (Å²) in [5, 5.41) is 10.7. The monoisotopic (exact) mass is 375 g/mol. The van der Waals surface area contributed by atoms with Gasteiger partial charge in [0.2, 0.25) is 5.91 Å². The fourth-order valence-corrected chi connectivity index (χ4v) is 3.89. The Bertz CT molecular complexity index is 721. The molecule has 0 unspecified atom stereocenters. The summed E-state index contributed by atoms with van der Waals surface area (Å²) in [6.45, 7) is 2.95. The lowest BCUT2D eigenvalue weighted by atomic mass is 9.83. The first-order valence-electron chi connectivity index (χ1n) is 9.17. The molecule has 10 nitrogen and oxygen atoms in total. The maximum atomic E-state index is 12.3. The molecule has 3 rings (SSSR count). The van der Waals surface area contributed by atoms with Crippen molar-refractivity contribution in [2.24, 2.45) is 16.5 Å². The highest BCUT2D eigenvalue weighted by Crippen LogP contribution is 2.31. The Labute approximate surface area is 157 Å². The van der Waals surface area contributed by atoms with Crippen molar-refractivity contribution in [2.75, 3.05) is 26.2 Å². The van der Waals surface area contributed by atoms with Crippen LogP contribution in [0.5, 0.6) is 0 Å². The summed E-state index contributed by atoms with van der Waals surface area (Å²) in [7, 11) is 0. The number of likely N-dealkylation sites (tertiary alicyclic amines) is 2. The Morgan fingerprint density at radius 1 is 1.15 bits per heavy atom. The first kappa shape index (κ1) is 19.0. The molecule has 0 radical (unpaired) electrons. The van der Waals surface area contributed by atoms with Crippen molar-refractivity contribution in [2.45, 2.75) is 37.6 Å². The van der Waals surface area contributed by atoms with Gasteiger partial charge in [-0.15, -0.1) is 0 Å². The summed E-state index contributed by atoms with van der Waals surface area (Å²) in [4.78, 5) is 34.8. The van der Waals surface area contributed by atoms with E-state index >= 15 is 0 Å². The standard InChI is InChI=1S/C17H25N7O3/c18-15(25)17(23-8-2-1-3-9-23)6-10-22(11-7-17)16(19)21-14-5-4-13(12-20-14)24(26)27/h4-5,12H,1-3,6-11H2,(H2,18,25)(H2,19,20,21). The Morgan fingerprint density at radius 2 is 1.81 bits per heavy atom. The zero-order chi connectivity index (χ0) is 19.4. The normalized spacial score (nSPS) is 21.0. The third kappa shape index (κ3) is 4.00. The molecule has 1 amide bonds. The molecule has 27 heavy (non-hydrogen) atoms. The highest BCUT2D eigenvalue weighted by atomic mass is 16.6. The number of hydrogen-bond acceptors (Lipinski definition) is 6. The van der Waals surface area contributed by atoms with Crippen LogP contribution < -0.4 is 11.5 Å². The molecule has 4 N–H and O–H groups in total. The molecule has 0 aromatic carbocycles. The van der Waals surface area contributed by atoms with E-state index in [9.17, 15) is 14.9 Å². The van der Waals surface area contributed by atoms with Gasteiger partial charge < -0.3 is 16.4 Å². The van der Waals surface area contributed by atoms with Gasteiger partial charge in [-0.05, 0) is 44.8 Å². The number of nitrogens with two attached hydrogens (primary N) is 2. The van der Waals surface area contributed by atoms with Crippen LogP contribution in [0, 0.1) is 10.1 Å². The van der Waals surface area contributed by atoms with Gasteiger partial charge in [-0.2, -0.15) is 4.99 Å². The van der Waals surface area contributed by atoms with Crippen molar-refractivity contribution in [1.29, 1.82) is 0 Å². The number of nitrogens with zero attached hydrogens (tertiary/aromatic N) is 5. The largest absolute Gasteiger partial charge is 0.369 e. The number of aromatic nitrogens is 1. The number of carbonyl (C=O) groups is 1. The Balaban J connectivity index is 1.67. The summed E-state index contributed by atoms with van der Waals surface area (Å²) in [5.41, 5.74) is 11.2. The van der Waals surface area contributed by atoms with Gasteiger partial charge in [0.15, 0.2) is 11.8 Å². The number of guanidine groups is 1. The number of aliphatic imine (C=N–C) groups is 1. The molecule has 146 valence electrons. The number of amides is 1. The Morgan fingerprint density at radius 3 is 2.33 bits per heavy atom. The van der Waals surface area contributed by atoms with Gasteiger partial charge in [0.25, 0.3) is 5.69 Å². The number of nitro groups is 1. The molecule has 0 bridgehead atoms. The summed E-state index contributed by atoms with van der Waals surface area (Å²) in [6, 6.07) is 2.79. The van der Waals surface area contributed by atoms with Crippen LogP contribution >= 0.6 is 0 Å². The van der Waals surface area contributed by atoms with Crippen molar-refractivity contribution in [3.63, 3.8) is 0 Å². The molecule has 2 aliphatic rings. The topological polar surface area (TPSA) is 144 Å². The van der Waals surface area contributed by atoms with Gasteiger partial charge in [0.1, 0.15) is 11.7 Å². The first-order valence-corrected chi connectivity index (χ1v) is 9.17. The summed E-state index contributed by atoms with van der Waals surface area (Å²) in [5.74, 6) is 0.325. The molecule has 0 atom stereocenters. The van der Waals surface area contributed by atoms with Crippen molar-refractivity contribution >= 4 is 23.4 Å². The van der Waals surface area contributed by atoms with E-state index in [1.165, 1.54) is 18.6 Å². The summed E-state index contributed by atoms with van der Waals surface area (Å²) in [6.07, 6.45) is 5.73. The van der Waals surface area contributed by atoms with Gasteiger partial charge in [0.05, 0.1) is 4.92 Å². The number of piperidine rings is 2. The predicted molar refractivity (Wildman–Crippen MR) is 100 cm³/mol. The second-order valence-electron chi connectivity index (χ2n) is 7.03. The van der Waals surface area contributed by atoms with Gasteiger partial charge in [-0.25, -0.2) is 4.98 Å². The lowest BCUT2D eigenvalue weighted by Gasteiger charge is -2.48. The number of hydrogen-bond donors (Lipinski definition) is 2.